The molecule has 2 heterocycles. The molecule has 0 unspecified atom stereocenters. The lowest BCUT2D eigenvalue weighted by Crippen LogP contribution is -2.13. The van der Waals surface area contributed by atoms with Gasteiger partial charge in [-0.1, -0.05) is 0 Å². The Kier molecular flexibility index (Phi) is 3.00. The van der Waals surface area contributed by atoms with E-state index in [9.17, 15) is 4.79 Å². The zero-order valence-electron chi connectivity index (χ0n) is 10.6. The summed E-state index contributed by atoms with van der Waals surface area (Å²) in [5, 5.41) is 9.67. The molecule has 0 aliphatic rings. The number of anilines is 1. The maximum Gasteiger partial charge on any atom is 0.259 e. The summed E-state index contributed by atoms with van der Waals surface area (Å²) < 4.78 is 5.13. The van der Waals surface area contributed by atoms with Gasteiger partial charge in [0.2, 0.25) is 5.95 Å². The van der Waals surface area contributed by atoms with E-state index in [1.807, 2.05) is 18.2 Å². The van der Waals surface area contributed by atoms with Gasteiger partial charge in [-0.05, 0) is 18.2 Å². The number of methoxy groups -OCH3 is 1. The largest absolute Gasteiger partial charge is 0.497 e. The van der Waals surface area contributed by atoms with Crippen LogP contribution in [-0.4, -0.2) is 33.2 Å². The topological polar surface area (TPSA) is 92.8 Å². The molecule has 1 amide bonds. The van der Waals surface area contributed by atoms with Gasteiger partial charge in [-0.3, -0.25) is 15.1 Å². The number of carbonyl (C=O) groups excluding carboxylic acids is 1. The number of amides is 1. The summed E-state index contributed by atoms with van der Waals surface area (Å²) >= 11 is 0. The van der Waals surface area contributed by atoms with Crippen molar-refractivity contribution in [3.8, 4) is 5.75 Å². The fraction of sp³-hybridized carbons (Fsp3) is 0.0769. The third-order valence-electron chi connectivity index (χ3n) is 2.80. The zero-order valence-corrected chi connectivity index (χ0v) is 10.6. The molecule has 0 saturated heterocycles. The Hall–Kier alpha value is -2.96. The van der Waals surface area contributed by atoms with E-state index in [2.05, 4.69) is 25.5 Å². The van der Waals surface area contributed by atoms with Crippen molar-refractivity contribution in [1.82, 2.24) is 20.2 Å². The summed E-state index contributed by atoms with van der Waals surface area (Å²) in [6.07, 6.45) is 2.83. The molecule has 0 fully saturated rings. The molecule has 0 bridgehead atoms. The number of nitrogens with zero attached hydrogens (tertiary/aromatic N) is 3. The molecule has 0 atom stereocenters. The molecule has 7 heteroatoms. The molecule has 0 aliphatic heterocycles. The predicted molar refractivity (Wildman–Crippen MR) is 72.6 cm³/mol. The van der Waals surface area contributed by atoms with Gasteiger partial charge in [0.1, 0.15) is 12.1 Å². The first-order valence-corrected chi connectivity index (χ1v) is 5.87. The van der Waals surface area contributed by atoms with E-state index in [-0.39, 0.29) is 5.91 Å². The van der Waals surface area contributed by atoms with Crippen LogP contribution in [0.15, 0.2) is 36.8 Å². The Labute approximate surface area is 114 Å². The number of carbonyl (C=O) groups is 1. The SMILES string of the molecule is COc1ccc2cc(C(=O)Nc3ncn[nH]3)cnc2c1. The van der Waals surface area contributed by atoms with Crippen LogP contribution < -0.4 is 10.1 Å². The van der Waals surface area contributed by atoms with Gasteiger partial charge >= 0.3 is 0 Å². The summed E-state index contributed by atoms with van der Waals surface area (Å²) in [6, 6.07) is 7.25. The smallest absolute Gasteiger partial charge is 0.259 e. The lowest BCUT2D eigenvalue weighted by Gasteiger charge is -2.04. The van der Waals surface area contributed by atoms with Crippen LogP contribution in [0.1, 0.15) is 10.4 Å². The van der Waals surface area contributed by atoms with Gasteiger partial charge in [0.05, 0.1) is 18.2 Å². The first kappa shape index (κ1) is 12.1. The van der Waals surface area contributed by atoms with Gasteiger partial charge in [-0.25, -0.2) is 5.10 Å². The highest BCUT2D eigenvalue weighted by atomic mass is 16.5. The summed E-state index contributed by atoms with van der Waals surface area (Å²) in [6.45, 7) is 0. The molecule has 2 aromatic heterocycles. The van der Waals surface area contributed by atoms with E-state index in [1.165, 1.54) is 12.5 Å². The molecular formula is C13H11N5O2. The molecule has 3 aromatic rings. The average Bonchev–Trinajstić information content (AvgIpc) is 2.99. The second-order valence-corrected chi connectivity index (χ2v) is 4.07. The van der Waals surface area contributed by atoms with E-state index in [1.54, 1.807) is 13.2 Å². The Balaban J connectivity index is 1.90. The lowest BCUT2D eigenvalue weighted by molar-refractivity contribution is 0.102. The van der Waals surface area contributed by atoms with Crippen LogP contribution in [-0.2, 0) is 0 Å². The Bertz CT molecular complexity index is 755. The number of aromatic nitrogens is 4. The van der Waals surface area contributed by atoms with Gasteiger partial charge in [0.25, 0.3) is 5.91 Å². The molecular weight excluding hydrogens is 258 g/mol. The number of rotatable bonds is 3. The van der Waals surface area contributed by atoms with Crippen molar-refractivity contribution in [2.24, 2.45) is 0 Å². The number of fused-ring (bicyclic) bond motifs is 1. The average molecular weight is 269 g/mol. The number of benzene rings is 1. The fourth-order valence-corrected chi connectivity index (χ4v) is 1.80. The number of pyridine rings is 1. The van der Waals surface area contributed by atoms with Gasteiger partial charge < -0.3 is 4.74 Å². The number of aromatic amines is 1. The summed E-state index contributed by atoms with van der Waals surface area (Å²) in [5.41, 5.74) is 1.21. The number of hydrogen-bond acceptors (Lipinski definition) is 5. The van der Waals surface area contributed by atoms with Crippen molar-refractivity contribution >= 4 is 22.8 Å². The monoisotopic (exact) mass is 269 g/mol. The van der Waals surface area contributed by atoms with Gasteiger partial charge in [-0.2, -0.15) is 10.1 Å². The molecule has 1 aromatic carbocycles. The van der Waals surface area contributed by atoms with Crippen molar-refractivity contribution in [2.45, 2.75) is 0 Å². The van der Waals surface area contributed by atoms with Crippen LogP contribution in [0.3, 0.4) is 0 Å². The maximum atomic E-state index is 12.0. The van der Waals surface area contributed by atoms with Gasteiger partial charge in [0, 0.05) is 17.6 Å². The summed E-state index contributed by atoms with van der Waals surface area (Å²) in [4.78, 5) is 20.1. The Morgan fingerprint density at radius 2 is 2.20 bits per heavy atom. The van der Waals surface area contributed by atoms with E-state index >= 15 is 0 Å². The Morgan fingerprint density at radius 1 is 1.30 bits per heavy atom. The third-order valence-corrected chi connectivity index (χ3v) is 2.80. The van der Waals surface area contributed by atoms with Gasteiger partial charge in [-0.15, -0.1) is 0 Å². The number of H-pyrrole nitrogens is 1. The summed E-state index contributed by atoms with van der Waals surface area (Å²) in [5.74, 6) is 0.723. The van der Waals surface area contributed by atoms with Crippen LogP contribution in [0.2, 0.25) is 0 Å². The minimum atomic E-state index is -0.299. The van der Waals surface area contributed by atoms with Crippen molar-refractivity contribution in [3.63, 3.8) is 0 Å². The fourth-order valence-electron chi connectivity index (χ4n) is 1.80. The molecule has 3 rings (SSSR count). The number of nitrogens with one attached hydrogen (secondary N) is 2. The van der Waals surface area contributed by atoms with Crippen LogP contribution >= 0.6 is 0 Å². The van der Waals surface area contributed by atoms with Crippen LogP contribution in [0.5, 0.6) is 5.75 Å². The summed E-state index contributed by atoms with van der Waals surface area (Å²) in [7, 11) is 1.60. The van der Waals surface area contributed by atoms with Crippen LogP contribution in [0.4, 0.5) is 5.95 Å². The quantitative estimate of drug-likeness (QED) is 0.753. The molecule has 0 radical (unpaired) electrons. The minimum Gasteiger partial charge on any atom is -0.497 e. The highest BCUT2D eigenvalue weighted by molar-refractivity contribution is 6.04. The van der Waals surface area contributed by atoms with Crippen LogP contribution in [0, 0.1) is 0 Å². The second-order valence-electron chi connectivity index (χ2n) is 4.07. The van der Waals surface area contributed by atoms with Crippen molar-refractivity contribution in [1.29, 1.82) is 0 Å². The van der Waals surface area contributed by atoms with E-state index in [0.717, 1.165) is 16.7 Å². The number of hydrogen-bond donors (Lipinski definition) is 2. The van der Waals surface area contributed by atoms with Crippen molar-refractivity contribution < 1.29 is 9.53 Å². The molecule has 0 spiro atoms. The van der Waals surface area contributed by atoms with Crippen molar-refractivity contribution in [2.75, 3.05) is 12.4 Å². The van der Waals surface area contributed by atoms with Crippen molar-refractivity contribution in [3.05, 3.63) is 42.4 Å². The molecule has 100 valence electrons. The standard InChI is InChI=1S/C13H11N5O2/c1-20-10-3-2-8-4-9(6-14-11(8)5-10)12(19)17-13-15-7-16-18-13/h2-7H,1H3,(H2,15,16,17,18,19). The lowest BCUT2D eigenvalue weighted by atomic mass is 10.1. The molecule has 7 nitrogen and oxygen atoms in total. The number of ether oxygens (including phenoxy) is 1. The van der Waals surface area contributed by atoms with Gasteiger partial charge in [0.15, 0.2) is 0 Å². The second kappa shape index (κ2) is 4.96. The maximum absolute atomic E-state index is 12.0. The first-order valence-electron chi connectivity index (χ1n) is 5.87. The van der Waals surface area contributed by atoms with E-state index in [0.29, 0.717) is 11.5 Å². The highest BCUT2D eigenvalue weighted by Crippen LogP contribution is 2.20. The minimum absolute atomic E-state index is 0.296. The van der Waals surface area contributed by atoms with E-state index in [4.69, 9.17) is 4.74 Å². The molecule has 0 saturated carbocycles. The highest BCUT2D eigenvalue weighted by Gasteiger charge is 2.09. The van der Waals surface area contributed by atoms with Crippen LogP contribution in [0.25, 0.3) is 10.9 Å². The normalized spacial score (nSPS) is 10.4. The zero-order chi connectivity index (χ0) is 13.9. The molecule has 0 aliphatic carbocycles. The molecule has 20 heavy (non-hydrogen) atoms. The van der Waals surface area contributed by atoms with E-state index < -0.39 is 0 Å². The first-order chi connectivity index (χ1) is 9.76. The third kappa shape index (κ3) is 2.28. The Morgan fingerprint density at radius 3 is 2.95 bits per heavy atom. The predicted octanol–water partition coefficient (Wildman–Crippen LogP) is 1.61. The molecule has 2 N–H and O–H groups in total.